The van der Waals surface area contributed by atoms with E-state index in [0.29, 0.717) is 5.69 Å². The average molecular weight is 289 g/mol. The summed E-state index contributed by atoms with van der Waals surface area (Å²) in [5.74, 6) is -2.02. The Labute approximate surface area is 119 Å². The number of benzene rings is 1. The Balaban J connectivity index is 2.15. The fraction of sp³-hybridized carbons (Fsp3) is 0.0714. The number of aryl methyl sites for hydroxylation is 1. The monoisotopic (exact) mass is 289 g/mol. The van der Waals surface area contributed by atoms with Crippen molar-refractivity contribution < 1.29 is 19.1 Å². The Hall–Kier alpha value is -2.96. The SMILES string of the molecule is Cc1cncc(NC(=O)Nc2ccc(F)cc2C(=O)O)c1. The van der Waals surface area contributed by atoms with Gasteiger partial charge in [0.05, 0.1) is 23.1 Å². The van der Waals surface area contributed by atoms with Crippen molar-refractivity contribution in [1.29, 1.82) is 0 Å². The molecular formula is C14H12FN3O3. The van der Waals surface area contributed by atoms with Crippen LogP contribution in [0.4, 0.5) is 20.6 Å². The maximum absolute atomic E-state index is 13.0. The van der Waals surface area contributed by atoms with Gasteiger partial charge < -0.3 is 15.7 Å². The number of pyridine rings is 1. The van der Waals surface area contributed by atoms with E-state index in [1.165, 1.54) is 12.3 Å². The summed E-state index contributed by atoms with van der Waals surface area (Å²) in [6.45, 7) is 1.82. The number of carbonyl (C=O) groups is 2. The third kappa shape index (κ3) is 3.75. The fourth-order valence-electron chi connectivity index (χ4n) is 1.71. The molecule has 0 aliphatic carbocycles. The van der Waals surface area contributed by atoms with Crippen LogP contribution in [-0.4, -0.2) is 22.1 Å². The first-order chi connectivity index (χ1) is 9.95. The number of carbonyl (C=O) groups excluding carboxylic acids is 1. The molecule has 0 aliphatic rings. The highest BCUT2D eigenvalue weighted by molar-refractivity contribution is 6.04. The zero-order valence-electron chi connectivity index (χ0n) is 11.1. The summed E-state index contributed by atoms with van der Waals surface area (Å²) in [6.07, 6.45) is 3.08. The molecule has 7 heteroatoms. The second-order valence-corrected chi connectivity index (χ2v) is 4.33. The van der Waals surface area contributed by atoms with E-state index in [1.54, 1.807) is 12.3 Å². The molecule has 0 aliphatic heterocycles. The maximum atomic E-state index is 13.0. The first kappa shape index (κ1) is 14.4. The number of halogens is 1. The first-order valence-corrected chi connectivity index (χ1v) is 5.98. The van der Waals surface area contributed by atoms with Crippen LogP contribution >= 0.6 is 0 Å². The van der Waals surface area contributed by atoms with E-state index in [1.807, 2.05) is 6.92 Å². The number of aromatic carboxylic acids is 1. The van der Waals surface area contributed by atoms with E-state index in [2.05, 4.69) is 15.6 Å². The van der Waals surface area contributed by atoms with Crippen molar-refractivity contribution in [1.82, 2.24) is 4.98 Å². The zero-order chi connectivity index (χ0) is 15.4. The number of urea groups is 1. The first-order valence-electron chi connectivity index (χ1n) is 5.98. The maximum Gasteiger partial charge on any atom is 0.337 e. The van der Waals surface area contributed by atoms with Crippen molar-refractivity contribution in [2.45, 2.75) is 6.92 Å². The molecule has 108 valence electrons. The van der Waals surface area contributed by atoms with Crippen LogP contribution in [0.15, 0.2) is 36.7 Å². The van der Waals surface area contributed by atoms with Gasteiger partial charge in [-0.05, 0) is 36.8 Å². The summed E-state index contributed by atoms with van der Waals surface area (Å²) < 4.78 is 13.0. The van der Waals surface area contributed by atoms with Crippen molar-refractivity contribution >= 4 is 23.4 Å². The molecular weight excluding hydrogens is 277 g/mol. The van der Waals surface area contributed by atoms with Crippen molar-refractivity contribution in [3.05, 3.63) is 53.6 Å². The van der Waals surface area contributed by atoms with Gasteiger partial charge in [-0.25, -0.2) is 14.0 Å². The van der Waals surface area contributed by atoms with E-state index in [4.69, 9.17) is 5.11 Å². The summed E-state index contributed by atoms with van der Waals surface area (Å²) in [7, 11) is 0. The molecule has 2 amide bonds. The van der Waals surface area contributed by atoms with E-state index in [0.717, 1.165) is 17.7 Å². The number of carboxylic acids is 1. The Morgan fingerprint density at radius 3 is 2.62 bits per heavy atom. The molecule has 2 aromatic rings. The number of hydrogen-bond donors (Lipinski definition) is 3. The summed E-state index contributed by atoms with van der Waals surface area (Å²) in [5.41, 5.74) is 1.00. The van der Waals surface area contributed by atoms with E-state index in [-0.39, 0.29) is 11.3 Å². The van der Waals surface area contributed by atoms with Gasteiger partial charge in [0, 0.05) is 6.20 Å². The van der Waals surface area contributed by atoms with Crippen molar-refractivity contribution in [2.24, 2.45) is 0 Å². The molecule has 0 radical (unpaired) electrons. The molecule has 21 heavy (non-hydrogen) atoms. The number of nitrogens with one attached hydrogen (secondary N) is 2. The van der Waals surface area contributed by atoms with E-state index >= 15 is 0 Å². The van der Waals surface area contributed by atoms with Gasteiger partial charge in [-0.3, -0.25) is 4.98 Å². The van der Waals surface area contributed by atoms with Gasteiger partial charge in [-0.1, -0.05) is 0 Å². The van der Waals surface area contributed by atoms with Gasteiger partial charge in [0.2, 0.25) is 0 Å². The number of amides is 2. The molecule has 1 aromatic carbocycles. The molecule has 0 saturated heterocycles. The Morgan fingerprint density at radius 2 is 1.95 bits per heavy atom. The molecule has 0 atom stereocenters. The fourth-order valence-corrected chi connectivity index (χ4v) is 1.71. The number of carboxylic acid groups (broad SMARTS) is 1. The van der Waals surface area contributed by atoms with Crippen LogP contribution in [0.25, 0.3) is 0 Å². The van der Waals surface area contributed by atoms with Crippen LogP contribution in [0.2, 0.25) is 0 Å². The number of aromatic nitrogens is 1. The summed E-state index contributed by atoms with van der Waals surface area (Å²) in [5, 5.41) is 13.9. The standard InChI is InChI=1S/C14H12FN3O3/c1-8-4-10(7-16-6-8)17-14(21)18-12-3-2-9(15)5-11(12)13(19)20/h2-7H,1H3,(H,19,20)(H2,17,18,21). The molecule has 0 bridgehead atoms. The second-order valence-electron chi connectivity index (χ2n) is 4.33. The molecule has 0 fully saturated rings. The topological polar surface area (TPSA) is 91.3 Å². The average Bonchev–Trinajstić information content (AvgIpc) is 2.40. The van der Waals surface area contributed by atoms with Gasteiger partial charge in [-0.2, -0.15) is 0 Å². The van der Waals surface area contributed by atoms with Gasteiger partial charge in [0.15, 0.2) is 0 Å². The lowest BCUT2D eigenvalue weighted by molar-refractivity contribution is 0.0697. The minimum Gasteiger partial charge on any atom is -0.478 e. The smallest absolute Gasteiger partial charge is 0.337 e. The number of rotatable bonds is 3. The van der Waals surface area contributed by atoms with E-state index < -0.39 is 17.8 Å². The second kappa shape index (κ2) is 6.00. The lowest BCUT2D eigenvalue weighted by Gasteiger charge is -2.10. The highest BCUT2D eigenvalue weighted by atomic mass is 19.1. The molecule has 2 rings (SSSR count). The lowest BCUT2D eigenvalue weighted by Crippen LogP contribution is -2.21. The Kier molecular flexibility index (Phi) is 4.13. The van der Waals surface area contributed by atoms with Crippen LogP contribution < -0.4 is 10.6 Å². The van der Waals surface area contributed by atoms with Crippen LogP contribution in [0.5, 0.6) is 0 Å². The molecule has 6 nitrogen and oxygen atoms in total. The lowest BCUT2D eigenvalue weighted by atomic mass is 10.2. The summed E-state index contributed by atoms with van der Waals surface area (Å²) >= 11 is 0. The highest BCUT2D eigenvalue weighted by Crippen LogP contribution is 2.17. The normalized spacial score (nSPS) is 10.0. The molecule has 0 spiro atoms. The third-order valence-electron chi connectivity index (χ3n) is 2.59. The Bertz CT molecular complexity index is 704. The minimum atomic E-state index is -1.33. The predicted octanol–water partition coefficient (Wildman–Crippen LogP) is 2.87. The van der Waals surface area contributed by atoms with E-state index in [9.17, 15) is 14.0 Å². The molecule has 0 unspecified atom stereocenters. The highest BCUT2D eigenvalue weighted by Gasteiger charge is 2.13. The van der Waals surface area contributed by atoms with Gasteiger partial charge >= 0.3 is 12.0 Å². The third-order valence-corrected chi connectivity index (χ3v) is 2.59. The zero-order valence-corrected chi connectivity index (χ0v) is 11.1. The van der Waals surface area contributed by atoms with Crippen LogP contribution in [0.1, 0.15) is 15.9 Å². The predicted molar refractivity (Wildman–Crippen MR) is 75.0 cm³/mol. The molecule has 1 heterocycles. The number of anilines is 2. The summed E-state index contributed by atoms with van der Waals surface area (Å²) in [6, 6.07) is 4.15. The quantitative estimate of drug-likeness (QED) is 0.810. The van der Waals surface area contributed by atoms with Gasteiger partial charge in [0.25, 0.3) is 0 Å². The number of hydrogen-bond acceptors (Lipinski definition) is 3. The van der Waals surface area contributed by atoms with Gasteiger partial charge in [-0.15, -0.1) is 0 Å². The van der Waals surface area contributed by atoms with Crippen molar-refractivity contribution in [3.63, 3.8) is 0 Å². The number of nitrogens with zero attached hydrogens (tertiary/aromatic N) is 1. The Morgan fingerprint density at radius 1 is 1.19 bits per heavy atom. The molecule has 0 saturated carbocycles. The van der Waals surface area contributed by atoms with Crippen molar-refractivity contribution in [3.8, 4) is 0 Å². The largest absolute Gasteiger partial charge is 0.478 e. The summed E-state index contributed by atoms with van der Waals surface area (Å²) in [4.78, 5) is 26.7. The minimum absolute atomic E-state index is 0.00186. The molecule has 1 aromatic heterocycles. The van der Waals surface area contributed by atoms with Crippen LogP contribution in [0, 0.1) is 12.7 Å². The van der Waals surface area contributed by atoms with Crippen LogP contribution in [0.3, 0.4) is 0 Å². The molecule has 3 N–H and O–H groups in total. The van der Waals surface area contributed by atoms with Gasteiger partial charge in [0.1, 0.15) is 5.82 Å². The van der Waals surface area contributed by atoms with Crippen LogP contribution in [-0.2, 0) is 0 Å². The van der Waals surface area contributed by atoms with Crippen molar-refractivity contribution in [2.75, 3.05) is 10.6 Å².